The smallest absolute Gasteiger partial charge is 0.141 e. The first-order valence-electron chi connectivity index (χ1n) is 6.84. The molecule has 2 nitrogen and oxygen atoms in total. The molecule has 3 rings (SSSR count). The Kier molecular flexibility index (Phi) is 3.58. The van der Waals surface area contributed by atoms with Gasteiger partial charge in [0.15, 0.2) is 0 Å². The van der Waals surface area contributed by atoms with Crippen LogP contribution < -0.4 is 10.1 Å². The SMILES string of the molecule is COc1ccc(C)cc1NC1Cc2ccc(Cl)cc2C1. The number of aryl methyl sites for hydroxylation is 1. The van der Waals surface area contributed by atoms with Gasteiger partial charge in [-0.15, -0.1) is 0 Å². The van der Waals surface area contributed by atoms with Crippen molar-refractivity contribution in [3.8, 4) is 5.75 Å². The zero-order chi connectivity index (χ0) is 14.1. The van der Waals surface area contributed by atoms with Crippen LogP contribution in [0.5, 0.6) is 5.75 Å². The van der Waals surface area contributed by atoms with E-state index in [0.717, 1.165) is 29.3 Å². The number of ether oxygens (including phenoxy) is 1. The molecule has 1 N–H and O–H groups in total. The van der Waals surface area contributed by atoms with Gasteiger partial charge in [0.1, 0.15) is 5.75 Å². The molecule has 0 bridgehead atoms. The van der Waals surface area contributed by atoms with Crippen molar-refractivity contribution in [3.05, 3.63) is 58.1 Å². The summed E-state index contributed by atoms with van der Waals surface area (Å²) < 4.78 is 5.42. The van der Waals surface area contributed by atoms with Gasteiger partial charge in [-0.1, -0.05) is 23.7 Å². The van der Waals surface area contributed by atoms with Crippen LogP contribution in [0.3, 0.4) is 0 Å². The second-order valence-electron chi connectivity index (χ2n) is 5.37. The maximum atomic E-state index is 6.06. The number of methoxy groups -OCH3 is 1. The van der Waals surface area contributed by atoms with Gasteiger partial charge < -0.3 is 10.1 Å². The monoisotopic (exact) mass is 287 g/mol. The Bertz CT molecular complexity index is 639. The van der Waals surface area contributed by atoms with Crippen molar-refractivity contribution in [2.75, 3.05) is 12.4 Å². The van der Waals surface area contributed by atoms with E-state index in [1.54, 1.807) is 7.11 Å². The van der Waals surface area contributed by atoms with E-state index < -0.39 is 0 Å². The first kappa shape index (κ1) is 13.3. The predicted molar refractivity (Wildman–Crippen MR) is 84.0 cm³/mol. The number of rotatable bonds is 3. The highest BCUT2D eigenvalue weighted by Crippen LogP contribution is 2.31. The van der Waals surface area contributed by atoms with Gasteiger partial charge in [-0.2, -0.15) is 0 Å². The van der Waals surface area contributed by atoms with E-state index >= 15 is 0 Å². The van der Waals surface area contributed by atoms with Crippen molar-refractivity contribution in [2.45, 2.75) is 25.8 Å². The van der Waals surface area contributed by atoms with Gasteiger partial charge in [0.25, 0.3) is 0 Å². The molecule has 0 saturated carbocycles. The number of halogens is 1. The highest BCUT2D eigenvalue weighted by molar-refractivity contribution is 6.30. The summed E-state index contributed by atoms with van der Waals surface area (Å²) >= 11 is 6.06. The summed E-state index contributed by atoms with van der Waals surface area (Å²) in [6, 6.07) is 12.8. The fraction of sp³-hybridized carbons (Fsp3) is 0.294. The van der Waals surface area contributed by atoms with E-state index in [2.05, 4.69) is 36.5 Å². The maximum absolute atomic E-state index is 6.06. The lowest BCUT2D eigenvalue weighted by Gasteiger charge is -2.17. The van der Waals surface area contributed by atoms with Crippen LogP contribution in [0, 0.1) is 6.92 Å². The van der Waals surface area contributed by atoms with Crippen LogP contribution in [0.2, 0.25) is 5.02 Å². The number of hydrogen-bond donors (Lipinski definition) is 1. The minimum atomic E-state index is 0.402. The van der Waals surface area contributed by atoms with Crippen LogP contribution in [0.25, 0.3) is 0 Å². The van der Waals surface area contributed by atoms with Gasteiger partial charge in [0.05, 0.1) is 12.8 Å². The predicted octanol–water partition coefficient (Wildman–Crippen LogP) is 4.24. The molecule has 2 aromatic rings. The van der Waals surface area contributed by atoms with E-state index in [1.807, 2.05) is 12.1 Å². The zero-order valence-electron chi connectivity index (χ0n) is 11.7. The lowest BCUT2D eigenvalue weighted by Crippen LogP contribution is -2.19. The third kappa shape index (κ3) is 2.61. The molecule has 1 aliphatic carbocycles. The first-order chi connectivity index (χ1) is 9.65. The van der Waals surface area contributed by atoms with Crippen LogP contribution >= 0.6 is 11.6 Å². The Balaban J connectivity index is 1.79. The Morgan fingerprint density at radius 3 is 2.70 bits per heavy atom. The average Bonchev–Trinajstić information content (AvgIpc) is 2.80. The van der Waals surface area contributed by atoms with E-state index in [4.69, 9.17) is 16.3 Å². The van der Waals surface area contributed by atoms with Gasteiger partial charge in [-0.05, 0) is 60.7 Å². The molecule has 1 aliphatic rings. The average molecular weight is 288 g/mol. The van der Waals surface area contributed by atoms with E-state index in [1.165, 1.54) is 16.7 Å². The van der Waals surface area contributed by atoms with Crippen LogP contribution in [0.1, 0.15) is 16.7 Å². The van der Waals surface area contributed by atoms with Crippen LogP contribution in [0.4, 0.5) is 5.69 Å². The normalized spacial score (nSPS) is 16.9. The van der Waals surface area contributed by atoms with Gasteiger partial charge in [-0.3, -0.25) is 0 Å². The molecular weight excluding hydrogens is 270 g/mol. The van der Waals surface area contributed by atoms with Crippen molar-refractivity contribution < 1.29 is 4.74 Å². The van der Waals surface area contributed by atoms with Crippen molar-refractivity contribution in [3.63, 3.8) is 0 Å². The molecule has 0 radical (unpaired) electrons. The molecule has 0 saturated heterocycles. The molecule has 1 unspecified atom stereocenters. The van der Waals surface area contributed by atoms with Gasteiger partial charge >= 0.3 is 0 Å². The summed E-state index contributed by atoms with van der Waals surface area (Å²) in [5.74, 6) is 0.893. The fourth-order valence-corrected chi connectivity index (χ4v) is 3.04. The van der Waals surface area contributed by atoms with Gasteiger partial charge in [0, 0.05) is 11.1 Å². The lowest BCUT2D eigenvalue weighted by molar-refractivity contribution is 0.416. The van der Waals surface area contributed by atoms with Crippen LogP contribution in [-0.2, 0) is 12.8 Å². The molecule has 0 aliphatic heterocycles. The third-order valence-electron chi connectivity index (χ3n) is 3.82. The first-order valence-corrected chi connectivity index (χ1v) is 7.22. The van der Waals surface area contributed by atoms with E-state index in [9.17, 15) is 0 Å². The minimum absolute atomic E-state index is 0.402. The Morgan fingerprint density at radius 2 is 1.90 bits per heavy atom. The quantitative estimate of drug-likeness (QED) is 0.912. The number of benzene rings is 2. The lowest BCUT2D eigenvalue weighted by atomic mass is 10.1. The van der Waals surface area contributed by atoms with Crippen LogP contribution in [-0.4, -0.2) is 13.2 Å². The summed E-state index contributed by atoms with van der Waals surface area (Å²) in [6.07, 6.45) is 2.04. The summed E-state index contributed by atoms with van der Waals surface area (Å²) in [5, 5.41) is 4.42. The summed E-state index contributed by atoms with van der Waals surface area (Å²) in [4.78, 5) is 0. The molecule has 0 fully saturated rings. The van der Waals surface area contributed by atoms with E-state index in [-0.39, 0.29) is 0 Å². The molecule has 3 heteroatoms. The number of nitrogens with one attached hydrogen (secondary N) is 1. The molecule has 0 amide bonds. The van der Waals surface area contributed by atoms with Crippen molar-refractivity contribution in [2.24, 2.45) is 0 Å². The molecule has 20 heavy (non-hydrogen) atoms. The third-order valence-corrected chi connectivity index (χ3v) is 4.05. The van der Waals surface area contributed by atoms with Crippen molar-refractivity contribution in [1.82, 2.24) is 0 Å². The number of fused-ring (bicyclic) bond motifs is 1. The Morgan fingerprint density at radius 1 is 1.10 bits per heavy atom. The molecule has 104 valence electrons. The topological polar surface area (TPSA) is 21.3 Å². The summed E-state index contributed by atoms with van der Waals surface area (Å²) in [5.41, 5.74) is 5.03. The maximum Gasteiger partial charge on any atom is 0.141 e. The molecule has 2 aromatic carbocycles. The summed E-state index contributed by atoms with van der Waals surface area (Å²) in [7, 11) is 1.71. The molecule has 0 spiro atoms. The Hall–Kier alpha value is -1.67. The highest BCUT2D eigenvalue weighted by atomic mass is 35.5. The molecular formula is C17H18ClNO. The Labute approximate surface area is 124 Å². The molecule has 1 atom stereocenters. The molecule has 0 aromatic heterocycles. The largest absolute Gasteiger partial charge is 0.495 e. The second-order valence-corrected chi connectivity index (χ2v) is 5.80. The highest BCUT2D eigenvalue weighted by Gasteiger charge is 2.22. The van der Waals surface area contributed by atoms with Crippen LogP contribution in [0.15, 0.2) is 36.4 Å². The number of hydrogen-bond acceptors (Lipinski definition) is 2. The standard InChI is InChI=1S/C17H18ClNO/c1-11-3-6-17(20-2)16(7-11)19-15-9-12-4-5-14(18)8-13(12)10-15/h3-8,15,19H,9-10H2,1-2H3. The second kappa shape index (κ2) is 5.37. The van der Waals surface area contributed by atoms with Crippen molar-refractivity contribution >= 4 is 17.3 Å². The number of anilines is 1. The molecule has 0 heterocycles. The van der Waals surface area contributed by atoms with Gasteiger partial charge in [0.2, 0.25) is 0 Å². The zero-order valence-corrected chi connectivity index (χ0v) is 12.5. The minimum Gasteiger partial charge on any atom is -0.495 e. The van der Waals surface area contributed by atoms with Gasteiger partial charge in [-0.25, -0.2) is 0 Å². The van der Waals surface area contributed by atoms with E-state index in [0.29, 0.717) is 6.04 Å². The summed E-state index contributed by atoms with van der Waals surface area (Å²) in [6.45, 7) is 2.09. The van der Waals surface area contributed by atoms with Crippen molar-refractivity contribution in [1.29, 1.82) is 0 Å². The fourth-order valence-electron chi connectivity index (χ4n) is 2.84.